The summed E-state index contributed by atoms with van der Waals surface area (Å²) < 4.78 is 0. The van der Waals surface area contributed by atoms with Gasteiger partial charge < -0.3 is 15.5 Å². The lowest BCUT2D eigenvalue weighted by Gasteiger charge is -2.32. The van der Waals surface area contributed by atoms with E-state index in [4.69, 9.17) is 15.5 Å². The molecule has 0 aromatic carbocycles. The molecule has 4 nitrogen and oxygen atoms in total. The van der Waals surface area contributed by atoms with Crippen LogP contribution in [0.15, 0.2) is 0 Å². The van der Waals surface area contributed by atoms with E-state index >= 15 is 0 Å². The van der Waals surface area contributed by atoms with E-state index in [-0.39, 0.29) is 18.6 Å². The molecule has 0 rings (SSSR count). The molecule has 0 fully saturated rings. The van der Waals surface area contributed by atoms with Gasteiger partial charge in [-0.15, -0.1) is 0 Å². The highest BCUT2D eigenvalue weighted by Gasteiger charge is 2.25. The van der Waals surface area contributed by atoms with E-state index in [1.165, 1.54) is 0 Å². The molecule has 0 atom stereocenters. The summed E-state index contributed by atoms with van der Waals surface area (Å²) in [7, 11) is 0. The molecule has 88 valence electrons. The van der Waals surface area contributed by atoms with Crippen LogP contribution in [0.1, 0.15) is 33.6 Å². The Labute approximate surface area is 91.9 Å². The second-order valence-corrected chi connectivity index (χ2v) is 5.05. The lowest BCUT2D eigenvalue weighted by Crippen LogP contribution is -2.51. The molecule has 0 radical (unpaired) electrons. The van der Waals surface area contributed by atoms with Gasteiger partial charge in [0.15, 0.2) is 0 Å². The van der Waals surface area contributed by atoms with Crippen LogP contribution in [-0.4, -0.2) is 35.5 Å². The maximum atomic E-state index is 9.08. The number of aliphatic hydroxyl groups is 2. The van der Waals surface area contributed by atoms with Crippen LogP contribution in [0, 0.1) is 16.7 Å². The fourth-order valence-electron chi connectivity index (χ4n) is 1.10. The van der Waals surface area contributed by atoms with E-state index in [9.17, 15) is 0 Å². The van der Waals surface area contributed by atoms with E-state index in [1.807, 2.05) is 0 Å². The highest BCUT2D eigenvalue weighted by molar-refractivity contribution is 4.86. The van der Waals surface area contributed by atoms with Crippen LogP contribution in [0.2, 0.25) is 0 Å². The zero-order valence-electron chi connectivity index (χ0n) is 9.88. The molecule has 3 N–H and O–H groups in total. The first-order chi connectivity index (χ1) is 6.89. The summed E-state index contributed by atoms with van der Waals surface area (Å²) in [5.74, 6) is 0. The summed E-state index contributed by atoms with van der Waals surface area (Å²) in [6.07, 6.45) is 1.34. The molecular formula is C11H22N2O2. The third kappa shape index (κ3) is 5.73. The molecule has 0 aliphatic rings. The molecule has 0 saturated heterocycles. The van der Waals surface area contributed by atoms with Crippen LogP contribution >= 0.6 is 0 Å². The predicted molar refractivity (Wildman–Crippen MR) is 59.2 cm³/mol. The Hall–Kier alpha value is -0.630. The summed E-state index contributed by atoms with van der Waals surface area (Å²) >= 11 is 0. The average molecular weight is 214 g/mol. The van der Waals surface area contributed by atoms with Crippen LogP contribution in [0.3, 0.4) is 0 Å². The number of aliphatic hydroxyl groups excluding tert-OH is 2. The molecule has 0 unspecified atom stereocenters. The summed E-state index contributed by atoms with van der Waals surface area (Å²) in [5, 5.41) is 29.8. The van der Waals surface area contributed by atoms with Gasteiger partial charge in [0.05, 0.1) is 24.8 Å². The average Bonchev–Trinajstić information content (AvgIpc) is 2.23. The topological polar surface area (TPSA) is 76.3 Å². The van der Waals surface area contributed by atoms with Crippen molar-refractivity contribution in [3.05, 3.63) is 0 Å². The molecule has 0 aromatic heterocycles. The third-order valence-electron chi connectivity index (χ3n) is 2.61. The molecule has 15 heavy (non-hydrogen) atoms. The van der Waals surface area contributed by atoms with Crippen LogP contribution in [0.5, 0.6) is 0 Å². The van der Waals surface area contributed by atoms with Crippen molar-refractivity contribution in [3.8, 4) is 6.07 Å². The summed E-state index contributed by atoms with van der Waals surface area (Å²) in [6, 6.07) is 2.12. The maximum Gasteiger partial charge on any atom is 0.0633 e. The second kappa shape index (κ2) is 6.06. The van der Waals surface area contributed by atoms with E-state index < -0.39 is 5.54 Å². The molecule has 0 spiro atoms. The molecule has 0 amide bonds. The van der Waals surface area contributed by atoms with Crippen molar-refractivity contribution in [1.29, 1.82) is 5.26 Å². The Morgan fingerprint density at radius 1 is 1.20 bits per heavy atom. The quantitative estimate of drug-likeness (QED) is 0.581. The molecular weight excluding hydrogens is 192 g/mol. The molecule has 0 saturated carbocycles. The maximum absolute atomic E-state index is 9.08. The molecule has 0 bridgehead atoms. The standard InChI is InChI=1S/C11H22N2O2/c1-10(2,5-4-6-12)7-13-11(3,8-14)9-15/h13-15H,4-5,7-9H2,1-3H3. The molecule has 0 aromatic rings. The number of nitrogens with one attached hydrogen (secondary N) is 1. The van der Waals surface area contributed by atoms with Crippen molar-refractivity contribution in [3.63, 3.8) is 0 Å². The van der Waals surface area contributed by atoms with Gasteiger partial charge in [-0.05, 0) is 18.8 Å². The molecule has 0 aliphatic heterocycles. The Bertz CT molecular complexity index is 217. The normalized spacial score (nSPS) is 12.5. The molecule has 4 heteroatoms. The van der Waals surface area contributed by atoms with Gasteiger partial charge in [-0.1, -0.05) is 13.8 Å². The molecule has 0 aliphatic carbocycles. The first kappa shape index (κ1) is 14.4. The third-order valence-corrected chi connectivity index (χ3v) is 2.61. The first-order valence-corrected chi connectivity index (χ1v) is 5.23. The minimum Gasteiger partial charge on any atom is -0.394 e. The Kier molecular flexibility index (Phi) is 5.81. The van der Waals surface area contributed by atoms with Gasteiger partial charge in [-0.3, -0.25) is 0 Å². The van der Waals surface area contributed by atoms with E-state index in [0.717, 1.165) is 6.42 Å². The monoisotopic (exact) mass is 214 g/mol. The zero-order chi connectivity index (χ0) is 11.9. The summed E-state index contributed by atoms with van der Waals surface area (Å²) in [6.45, 7) is 6.37. The highest BCUT2D eigenvalue weighted by atomic mass is 16.3. The highest BCUT2D eigenvalue weighted by Crippen LogP contribution is 2.21. The number of nitrogens with zero attached hydrogens (tertiary/aromatic N) is 1. The zero-order valence-corrected chi connectivity index (χ0v) is 9.88. The fraction of sp³-hybridized carbons (Fsp3) is 0.909. The lowest BCUT2D eigenvalue weighted by molar-refractivity contribution is 0.0934. The first-order valence-electron chi connectivity index (χ1n) is 5.23. The fourth-order valence-corrected chi connectivity index (χ4v) is 1.10. The minimum absolute atomic E-state index is 0.00132. The van der Waals surface area contributed by atoms with Gasteiger partial charge in [0.2, 0.25) is 0 Å². The van der Waals surface area contributed by atoms with Crippen molar-refractivity contribution < 1.29 is 10.2 Å². The van der Waals surface area contributed by atoms with E-state index in [2.05, 4.69) is 25.2 Å². The minimum atomic E-state index is -0.635. The van der Waals surface area contributed by atoms with Crippen molar-refractivity contribution in [2.24, 2.45) is 5.41 Å². The second-order valence-electron chi connectivity index (χ2n) is 5.05. The van der Waals surface area contributed by atoms with Crippen LogP contribution < -0.4 is 5.32 Å². The van der Waals surface area contributed by atoms with Gasteiger partial charge in [0.25, 0.3) is 0 Å². The number of hydrogen-bond acceptors (Lipinski definition) is 4. The summed E-state index contributed by atoms with van der Waals surface area (Å²) in [5.41, 5.74) is -0.634. The van der Waals surface area contributed by atoms with Crippen molar-refractivity contribution in [2.75, 3.05) is 19.8 Å². The smallest absolute Gasteiger partial charge is 0.0633 e. The summed E-state index contributed by atoms with van der Waals surface area (Å²) in [4.78, 5) is 0. The van der Waals surface area contributed by atoms with E-state index in [1.54, 1.807) is 6.92 Å². The van der Waals surface area contributed by atoms with Gasteiger partial charge >= 0.3 is 0 Å². The van der Waals surface area contributed by atoms with Crippen LogP contribution in [0.25, 0.3) is 0 Å². The molecule has 0 heterocycles. The van der Waals surface area contributed by atoms with Gasteiger partial charge in [0.1, 0.15) is 0 Å². The van der Waals surface area contributed by atoms with Crippen molar-refractivity contribution in [2.45, 2.75) is 39.2 Å². The van der Waals surface area contributed by atoms with Crippen molar-refractivity contribution >= 4 is 0 Å². The Balaban J connectivity index is 4.07. The van der Waals surface area contributed by atoms with Crippen LogP contribution in [0.4, 0.5) is 0 Å². The predicted octanol–water partition coefficient (Wildman–Crippen LogP) is 0.649. The number of hydrogen-bond donors (Lipinski definition) is 3. The van der Waals surface area contributed by atoms with E-state index in [0.29, 0.717) is 13.0 Å². The Morgan fingerprint density at radius 3 is 2.13 bits per heavy atom. The van der Waals surface area contributed by atoms with Gasteiger partial charge in [0, 0.05) is 13.0 Å². The Morgan fingerprint density at radius 2 is 1.73 bits per heavy atom. The van der Waals surface area contributed by atoms with Gasteiger partial charge in [-0.2, -0.15) is 5.26 Å². The number of rotatable bonds is 7. The van der Waals surface area contributed by atoms with Gasteiger partial charge in [-0.25, -0.2) is 0 Å². The SMILES string of the molecule is CC(C)(CCC#N)CNC(C)(CO)CO. The van der Waals surface area contributed by atoms with Crippen molar-refractivity contribution in [1.82, 2.24) is 5.32 Å². The van der Waals surface area contributed by atoms with Crippen LogP contribution in [-0.2, 0) is 0 Å². The number of nitriles is 1. The largest absolute Gasteiger partial charge is 0.394 e. The lowest BCUT2D eigenvalue weighted by atomic mass is 9.87.